The van der Waals surface area contributed by atoms with Gasteiger partial charge in [-0.05, 0) is 39.0 Å². The Hall–Kier alpha value is -2.28. The molecule has 7 heteroatoms. The van der Waals surface area contributed by atoms with Crippen LogP contribution in [0.1, 0.15) is 31.1 Å². The highest BCUT2D eigenvalue weighted by molar-refractivity contribution is 5.95. The zero-order valence-corrected chi connectivity index (χ0v) is 12.3. The molecule has 4 N–H and O–H groups in total. The van der Waals surface area contributed by atoms with Crippen molar-refractivity contribution >= 4 is 17.7 Å². The maximum Gasteiger partial charge on any atom is 0.339 e. The Bertz CT molecular complexity index is 528. The summed E-state index contributed by atoms with van der Waals surface area (Å²) in [4.78, 5) is 22.6. The average Bonchev–Trinajstić information content (AvgIpc) is 2.38. The number of phenols is 1. The minimum absolute atomic E-state index is 0.275. The van der Waals surface area contributed by atoms with Crippen LogP contribution in [0.2, 0.25) is 0 Å². The van der Waals surface area contributed by atoms with E-state index in [1.54, 1.807) is 0 Å². The largest absolute Gasteiger partial charge is 0.507 e. The maximum absolute atomic E-state index is 11.7. The highest BCUT2D eigenvalue weighted by atomic mass is 16.5. The summed E-state index contributed by atoms with van der Waals surface area (Å²) in [6.07, 6.45) is 0. The second kappa shape index (κ2) is 6.94. The Balaban J connectivity index is 2.63. The van der Waals surface area contributed by atoms with Crippen LogP contribution >= 0.6 is 0 Å². The van der Waals surface area contributed by atoms with Gasteiger partial charge in [0.1, 0.15) is 11.3 Å². The van der Waals surface area contributed by atoms with Gasteiger partial charge in [0.05, 0.1) is 5.60 Å². The van der Waals surface area contributed by atoms with Gasteiger partial charge in [0.25, 0.3) is 0 Å². The van der Waals surface area contributed by atoms with Crippen molar-refractivity contribution in [1.82, 2.24) is 5.32 Å². The summed E-state index contributed by atoms with van der Waals surface area (Å²) in [5.74, 6) is -1.63. The molecule has 0 bridgehead atoms. The number of ether oxygens (including phenoxy) is 1. The molecule has 0 saturated carbocycles. The third kappa shape index (κ3) is 5.31. The molecule has 7 nitrogen and oxygen atoms in total. The van der Waals surface area contributed by atoms with Crippen molar-refractivity contribution in [3.8, 4) is 5.75 Å². The van der Waals surface area contributed by atoms with E-state index in [0.717, 1.165) is 0 Å². The summed E-state index contributed by atoms with van der Waals surface area (Å²) in [5, 5.41) is 23.4. The van der Waals surface area contributed by atoms with Crippen LogP contribution in [-0.4, -0.2) is 41.0 Å². The number of hydrogen-bond acceptors (Lipinski definition) is 4. The number of benzene rings is 1. The molecule has 2 amide bonds. The van der Waals surface area contributed by atoms with Gasteiger partial charge >= 0.3 is 12.0 Å². The molecule has 0 aliphatic carbocycles. The number of carboxylic acid groups (broad SMARTS) is 1. The standard InChI is InChI=1S/C14H20N2O5/c1-4-21-14(2,3)8-15-13(20)16-9-5-6-11(17)10(7-9)12(18)19/h5-7,17H,4,8H2,1-3H3,(H,18,19)(H2,15,16,20). The number of anilines is 1. The minimum Gasteiger partial charge on any atom is -0.507 e. The summed E-state index contributed by atoms with van der Waals surface area (Å²) in [7, 11) is 0. The summed E-state index contributed by atoms with van der Waals surface area (Å²) in [6.45, 7) is 6.40. The van der Waals surface area contributed by atoms with E-state index in [9.17, 15) is 14.7 Å². The van der Waals surface area contributed by atoms with Gasteiger partial charge in [-0.1, -0.05) is 0 Å². The van der Waals surface area contributed by atoms with E-state index < -0.39 is 17.6 Å². The molecule has 0 aliphatic rings. The van der Waals surface area contributed by atoms with E-state index in [2.05, 4.69) is 10.6 Å². The number of amides is 2. The smallest absolute Gasteiger partial charge is 0.339 e. The third-order valence-electron chi connectivity index (χ3n) is 2.69. The fourth-order valence-corrected chi connectivity index (χ4v) is 1.70. The normalized spacial score (nSPS) is 11.0. The number of nitrogens with one attached hydrogen (secondary N) is 2. The fourth-order valence-electron chi connectivity index (χ4n) is 1.70. The molecule has 0 aliphatic heterocycles. The van der Waals surface area contributed by atoms with E-state index in [1.165, 1.54) is 18.2 Å². The molecule has 0 spiro atoms. The predicted octanol–water partition coefficient (Wildman–Crippen LogP) is 2.03. The third-order valence-corrected chi connectivity index (χ3v) is 2.69. The summed E-state index contributed by atoms with van der Waals surface area (Å²) >= 11 is 0. The SMILES string of the molecule is CCOC(C)(C)CNC(=O)Nc1ccc(O)c(C(=O)O)c1. The van der Waals surface area contributed by atoms with Crippen molar-refractivity contribution < 1.29 is 24.5 Å². The molecule has 1 aromatic carbocycles. The van der Waals surface area contributed by atoms with Gasteiger partial charge < -0.3 is 25.6 Å². The molecular weight excluding hydrogens is 276 g/mol. The van der Waals surface area contributed by atoms with Gasteiger partial charge in [0.15, 0.2) is 0 Å². The van der Waals surface area contributed by atoms with Crippen LogP contribution in [0.3, 0.4) is 0 Å². The predicted molar refractivity (Wildman–Crippen MR) is 77.8 cm³/mol. The van der Waals surface area contributed by atoms with Crippen LogP contribution in [0.25, 0.3) is 0 Å². The number of aromatic carboxylic acids is 1. The number of rotatable bonds is 6. The number of hydrogen-bond donors (Lipinski definition) is 4. The maximum atomic E-state index is 11.7. The van der Waals surface area contributed by atoms with Gasteiger partial charge in [-0.25, -0.2) is 9.59 Å². The molecule has 0 aromatic heterocycles. The molecule has 1 aromatic rings. The molecule has 21 heavy (non-hydrogen) atoms. The van der Waals surface area contributed by atoms with Crippen LogP contribution in [0, 0.1) is 0 Å². The summed E-state index contributed by atoms with van der Waals surface area (Å²) in [5.41, 5.74) is -0.493. The Morgan fingerprint density at radius 3 is 2.57 bits per heavy atom. The quantitative estimate of drug-likeness (QED) is 0.601. The lowest BCUT2D eigenvalue weighted by atomic mass is 10.1. The van der Waals surface area contributed by atoms with Crippen LogP contribution in [-0.2, 0) is 4.74 Å². The van der Waals surface area contributed by atoms with Crippen molar-refractivity contribution in [2.75, 3.05) is 18.5 Å². The van der Waals surface area contributed by atoms with E-state index in [1.807, 2.05) is 20.8 Å². The first-order valence-electron chi connectivity index (χ1n) is 6.50. The highest BCUT2D eigenvalue weighted by Gasteiger charge is 2.18. The Morgan fingerprint density at radius 1 is 1.33 bits per heavy atom. The topological polar surface area (TPSA) is 108 Å². The molecule has 0 atom stereocenters. The Kier molecular flexibility index (Phi) is 5.54. The van der Waals surface area contributed by atoms with Crippen LogP contribution in [0.5, 0.6) is 5.75 Å². The molecule has 0 fully saturated rings. The van der Waals surface area contributed by atoms with Crippen molar-refractivity contribution in [1.29, 1.82) is 0 Å². The van der Waals surface area contributed by atoms with Crippen molar-refractivity contribution in [3.05, 3.63) is 23.8 Å². The van der Waals surface area contributed by atoms with Gasteiger partial charge in [0.2, 0.25) is 0 Å². The molecule has 0 heterocycles. The van der Waals surface area contributed by atoms with E-state index >= 15 is 0 Å². The zero-order chi connectivity index (χ0) is 16.0. The van der Waals surface area contributed by atoms with E-state index in [4.69, 9.17) is 9.84 Å². The van der Waals surface area contributed by atoms with Gasteiger partial charge in [0, 0.05) is 18.8 Å². The van der Waals surface area contributed by atoms with Crippen LogP contribution < -0.4 is 10.6 Å². The van der Waals surface area contributed by atoms with Crippen molar-refractivity contribution in [2.45, 2.75) is 26.4 Å². The Morgan fingerprint density at radius 2 is 2.00 bits per heavy atom. The molecule has 0 unspecified atom stereocenters. The minimum atomic E-state index is -1.27. The molecular formula is C14H20N2O5. The first kappa shape index (κ1) is 16.8. The van der Waals surface area contributed by atoms with Crippen molar-refractivity contribution in [3.63, 3.8) is 0 Å². The molecule has 1 rings (SSSR count). The number of carbonyl (C=O) groups excluding carboxylic acids is 1. The van der Waals surface area contributed by atoms with E-state index in [0.29, 0.717) is 13.2 Å². The average molecular weight is 296 g/mol. The first-order valence-corrected chi connectivity index (χ1v) is 6.50. The lowest BCUT2D eigenvalue weighted by Gasteiger charge is -2.24. The number of urea groups is 1. The molecule has 0 saturated heterocycles. The second-order valence-electron chi connectivity index (χ2n) is 5.04. The van der Waals surface area contributed by atoms with Gasteiger partial charge in [-0.3, -0.25) is 0 Å². The van der Waals surface area contributed by atoms with Crippen LogP contribution in [0.15, 0.2) is 18.2 Å². The first-order chi connectivity index (χ1) is 9.75. The van der Waals surface area contributed by atoms with Crippen LogP contribution in [0.4, 0.5) is 10.5 Å². The molecule has 116 valence electrons. The highest BCUT2D eigenvalue weighted by Crippen LogP contribution is 2.21. The molecule has 0 radical (unpaired) electrons. The number of aromatic hydroxyl groups is 1. The number of carbonyl (C=O) groups is 2. The summed E-state index contributed by atoms with van der Waals surface area (Å²) in [6, 6.07) is 3.33. The van der Waals surface area contributed by atoms with E-state index in [-0.39, 0.29) is 17.0 Å². The van der Waals surface area contributed by atoms with Crippen molar-refractivity contribution in [2.24, 2.45) is 0 Å². The number of carboxylic acids is 1. The van der Waals surface area contributed by atoms with Gasteiger partial charge in [-0.2, -0.15) is 0 Å². The second-order valence-corrected chi connectivity index (χ2v) is 5.04. The fraction of sp³-hybridized carbons (Fsp3) is 0.429. The zero-order valence-electron chi connectivity index (χ0n) is 12.3. The lowest BCUT2D eigenvalue weighted by Crippen LogP contribution is -2.42. The van der Waals surface area contributed by atoms with Gasteiger partial charge in [-0.15, -0.1) is 0 Å². The Labute approximate surface area is 122 Å². The monoisotopic (exact) mass is 296 g/mol. The lowest BCUT2D eigenvalue weighted by molar-refractivity contribution is -0.00663. The summed E-state index contributed by atoms with van der Waals surface area (Å²) < 4.78 is 5.44.